The molecule has 0 bridgehead atoms. The fourth-order valence-electron chi connectivity index (χ4n) is 0.666. The lowest BCUT2D eigenvalue weighted by Crippen LogP contribution is -2.31. The fourth-order valence-corrected chi connectivity index (χ4v) is 1.58. The molecule has 7 nitrogen and oxygen atoms in total. The summed E-state index contributed by atoms with van der Waals surface area (Å²) in [7, 11) is 0. The van der Waals surface area contributed by atoms with Gasteiger partial charge in [0.05, 0.1) is 6.54 Å². The fraction of sp³-hybridized carbons (Fsp3) is 0.200. The molecule has 0 aromatic carbocycles. The van der Waals surface area contributed by atoms with E-state index in [9.17, 15) is 10.1 Å². The van der Waals surface area contributed by atoms with Crippen molar-refractivity contribution in [2.45, 2.75) is 6.54 Å². The standard InChI is InChI=1S/C5H6ClN5O2S/c6-4-8-1-3(14-4)2-9-5(7)10-11(12)13/h1H,2H2,(H3,7,9,10). The van der Waals surface area contributed by atoms with Crippen molar-refractivity contribution in [3.05, 3.63) is 25.7 Å². The molecule has 0 amide bonds. The summed E-state index contributed by atoms with van der Waals surface area (Å²) in [5.41, 5.74) is 5.18. The molecule has 0 aliphatic carbocycles. The second-order valence-electron chi connectivity index (χ2n) is 2.16. The Kier molecular flexibility index (Phi) is 3.60. The van der Waals surface area contributed by atoms with Crippen LogP contribution in [0, 0.1) is 10.1 Å². The maximum absolute atomic E-state index is 9.89. The van der Waals surface area contributed by atoms with E-state index in [-0.39, 0.29) is 5.96 Å². The second kappa shape index (κ2) is 4.72. The van der Waals surface area contributed by atoms with Crippen LogP contribution in [0.5, 0.6) is 0 Å². The van der Waals surface area contributed by atoms with Gasteiger partial charge in [0, 0.05) is 11.1 Å². The maximum Gasteiger partial charge on any atom is 0.266 e. The minimum absolute atomic E-state index is 0.250. The van der Waals surface area contributed by atoms with E-state index in [0.717, 1.165) is 4.88 Å². The van der Waals surface area contributed by atoms with Gasteiger partial charge in [-0.2, -0.15) is 0 Å². The summed E-state index contributed by atoms with van der Waals surface area (Å²) < 4.78 is 0.409. The Labute approximate surface area is 87.7 Å². The Morgan fingerprint density at radius 3 is 3.14 bits per heavy atom. The predicted molar refractivity (Wildman–Crippen MR) is 52.6 cm³/mol. The number of thiazole rings is 1. The van der Waals surface area contributed by atoms with Crippen LogP contribution in [-0.2, 0) is 6.54 Å². The Morgan fingerprint density at radius 2 is 2.64 bits per heavy atom. The van der Waals surface area contributed by atoms with Crippen molar-refractivity contribution in [1.29, 1.82) is 0 Å². The smallest absolute Gasteiger partial charge is 0.266 e. The van der Waals surface area contributed by atoms with Crippen molar-refractivity contribution in [3.8, 4) is 0 Å². The number of guanidine groups is 1. The summed E-state index contributed by atoms with van der Waals surface area (Å²) in [6, 6.07) is 0. The normalized spacial score (nSPS) is 11.4. The van der Waals surface area contributed by atoms with E-state index in [2.05, 4.69) is 15.4 Å². The van der Waals surface area contributed by atoms with E-state index < -0.39 is 5.03 Å². The van der Waals surface area contributed by atoms with Crippen molar-refractivity contribution in [3.63, 3.8) is 0 Å². The molecular weight excluding hydrogens is 230 g/mol. The number of rotatable bonds is 3. The molecular formula is C5H6ClN5O2S. The first-order chi connectivity index (χ1) is 6.58. The number of hydrogen-bond acceptors (Lipinski definition) is 4. The van der Waals surface area contributed by atoms with Crippen LogP contribution in [-0.4, -0.2) is 16.0 Å². The third-order valence-corrected chi connectivity index (χ3v) is 2.27. The maximum atomic E-state index is 9.89. The van der Waals surface area contributed by atoms with Crippen LogP contribution < -0.4 is 11.1 Å². The molecule has 0 spiro atoms. The highest BCUT2D eigenvalue weighted by atomic mass is 35.5. The number of nitro groups is 1. The van der Waals surface area contributed by atoms with E-state index in [4.69, 9.17) is 17.3 Å². The molecule has 14 heavy (non-hydrogen) atoms. The van der Waals surface area contributed by atoms with Crippen LogP contribution in [0.2, 0.25) is 4.47 Å². The van der Waals surface area contributed by atoms with E-state index in [0.29, 0.717) is 11.0 Å². The highest BCUT2D eigenvalue weighted by molar-refractivity contribution is 7.15. The van der Waals surface area contributed by atoms with Crippen LogP contribution in [0.1, 0.15) is 4.88 Å². The lowest BCUT2D eigenvalue weighted by atomic mass is 10.5. The van der Waals surface area contributed by atoms with Crippen LogP contribution in [0.4, 0.5) is 0 Å². The predicted octanol–water partition coefficient (Wildman–Crippen LogP) is 0.393. The van der Waals surface area contributed by atoms with Crippen LogP contribution in [0.3, 0.4) is 0 Å². The third kappa shape index (κ3) is 3.54. The Morgan fingerprint density at radius 1 is 1.93 bits per heavy atom. The lowest BCUT2D eigenvalue weighted by Gasteiger charge is -1.98. The number of hydrogen-bond donors (Lipinski definition) is 2. The quantitative estimate of drug-likeness (QED) is 0.341. The highest BCUT2D eigenvalue weighted by Gasteiger charge is 2.01. The molecule has 1 rings (SSSR count). The van der Waals surface area contributed by atoms with E-state index in [1.807, 2.05) is 0 Å². The van der Waals surface area contributed by atoms with Crippen LogP contribution >= 0.6 is 22.9 Å². The summed E-state index contributed by atoms with van der Waals surface area (Å²) in [6.07, 6.45) is 1.56. The molecule has 1 heterocycles. The largest absolute Gasteiger partial charge is 0.365 e. The first-order valence-electron chi connectivity index (χ1n) is 3.40. The zero-order valence-electron chi connectivity index (χ0n) is 6.81. The average molecular weight is 236 g/mol. The number of aromatic nitrogens is 1. The summed E-state index contributed by atoms with van der Waals surface area (Å²) in [4.78, 5) is 14.5. The third-order valence-electron chi connectivity index (χ3n) is 1.16. The second-order valence-corrected chi connectivity index (χ2v) is 3.85. The molecule has 1 aromatic heterocycles. The molecule has 0 saturated carbocycles. The van der Waals surface area contributed by atoms with E-state index >= 15 is 0 Å². The Bertz CT molecular complexity index is 365. The lowest BCUT2D eigenvalue weighted by molar-refractivity contribution is -0.485. The number of nitrogens with two attached hydrogens (primary N) is 1. The number of hydrazone groups is 1. The van der Waals surface area contributed by atoms with Crippen molar-refractivity contribution < 1.29 is 5.03 Å². The van der Waals surface area contributed by atoms with Gasteiger partial charge in [0.2, 0.25) is 0 Å². The molecule has 0 unspecified atom stereocenters. The molecule has 0 aliphatic heterocycles. The first kappa shape index (κ1) is 10.7. The highest BCUT2D eigenvalue weighted by Crippen LogP contribution is 2.16. The van der Waals surface area contributed by atoms with Gasteiger partial charge >= 0.3 is 0 Å². The molecule has 1 aromatic rings. The molecule has 0 fully saturated rings. The molecule has 0 atom stereocenters. The van der Waals surface area contributed by atoms with Crippen molar-refractivity contribution in [2.75, 3.05) is 0 Å². The molecule has 0 aliphatic rings. The Hall–Kier alpha value is -1.41. The van der Waals surface area contributed by atoms with E-state index in [1.165, 1.54) is 11.3 Å². The zero-order chi connectivity index (χ0) is 10.6. The summed E-state index contributed by atoms with van der Waals surface area (Å²) in [5.74, 6) is -0.250. The zero-order valence-corrected chi connectivity index (χ0v) is 8.38. The van der Waals surface area contributed by atoms with Gasteiger partial charge in [0.15, 0.2) is 9.50 Å². The Balaban J connectivity index is 2.45. The van der Waals surface area contributed by atoms with Gasteiger partial charge in [-0.3, -0.25) is 0 Å². The average Bonchev–Trinajstić information content (AvgIpc) is 2.47. The molecule has 0 radical (unpaired) electrons. The van der Waals surface area contributed by atoms with Crippen molar-refractivity contribution in [2.24, 2.45) is 10.8 Å². The molecule has 0 saturated heterocycles. The van der Waals surface area contributed by atoms with Crippen LogP contribution in [0.25, 0.3) is 0 Å². The van der Waals surface area contributed by atoms with E-state index in [1.54, 1.807) is 6.20 Å². The number of halogens is 1. The van der Waals surface area contributed by atoms with Gasteiger partial charge < -0.3 is 11.1 Å². The minimum Gasteiger partial charge on any atom is -0.365 e. The summed E-state index contributed by atoms with van der Waals surface area (Å²) in [6.45, 7) is 0.313. The van der Waals surface area contributed by atoms with Gasteiger partial charge in [-0.1, -0.05) is 11.6 Å². The van der Waals surface area contributed by atoms with Gasteiger partial charge in [-0.25, -0.2) is 15.1 Å². The van der Waals surface area contributed by atoms with Gasteiger partial charge in [-0.05, 0) is 0 Å². The van der Waals surface area contributed by atoms with Gasteiger partial charge in [0.25, 0.3) is 5.96 Å². The molecule has 3 N–H and O–H groups in total. The number of nitrogens with zero attached hydrogens (tertiary/aromatic N) is 3. The monoisotopic (exact) mass is 235 g/mol. The van der Waals surface area contributed by atoms with Gasteiger partial charge in [-0.15, -0.1) is 11.3 Å². The van der Waals surface area contributed by atoms with Crippen LogP contribution in [0.15, 0.2) is 11.3 Å². The van der Waals surface area contributed by atoms with Crippen molar-refractivity contribution in [1.82, 2.24) is 10.3 Å². The minimum atomic E-state index is -0.873. The topological polar surface area (TPSA) is 106 Å². The van der Waals surface area contributed by atoms with Crippen molar-refractivity contribution >= 4 is 28.9 Å². The van der Waals surface area contributed by atoms with Gasteiger partial charge in [0.1, 0.15) is 5.10 Å². The number of nitrogens with one attached hydrogen (secondary N) is 1. The summed E-state index contributed by atoms with van der Waals surface area (Å²) >= 11 is 6.83. The molecule has 76 valence electrons. The SMILES string of the molecule is N/C(=N\[N+](=O)[O-])NCc1cnc(Cl)s1. The first-order valence-corrected chi connectivity index (χ1v) is 4.60. The molecule has 9 heteroatoms. The summed E-state index contributed by atoms with van der Waals surface area (Å²) in [5, 5.41) is 14.4.